The molecule has 0 amide bonds. The molecule has 4 aromatic rings. The van der Waals surface area contributed by atoms with E-state index in [1.807, 2.05) is 60.7 Å². The Balaban J connectivity index is 1.36. The molecule has 2 aliphatic heterocycles. The van der Waals surface area contributed by atoms with E-state index in [1.54, 1.807) is 11.8 Å². The third kappa shape index (κ3) is 4.17. The Bertz CT molecular complexity index is 1430. The molecular formula is C30H27F3N4O2. The summed E-state index contributed by atoms with van der Waals surface area (Å²) in [4.78, 5) is 16.2. The van der Waals surface area contributed by atoms with Crippen LogP contribution in [0.15, 0.2) is 91.0 Å². The van der Waals surface area contributed by atoms with Gasteiger partial charge in [0.15, 0.2) is 5.69 Å². The molecule has 0 unspecified atom stereocenters. The van der Waals surface area contributed by atoms with E-state index in [1.165, 1.54) is 35.0 Å². The molecule has 0 bridgehead atoms. The van der Waals surface area contributed by atoms with Crippen molar-refractivity contribution in [3.8, 4) is 5.69 Å². The highest BCUT2D eigenvalue weighted by Crippen LogP contribution is 2.54. The minimum atomic E-state index is -2.95. The Labute approximate surface area is 224 Å². The maximum atomic E-state index is 15.4. The van der Waals surface area contributed by atoms with Gasteiger partial charge >= 0.3 is 5.97 Å². The standard InChI is InChI=1S/C30H27F3N4O2/c1-2-39-28(38)25-17-26(37(34-25)24-15-13-23(31)14-16-24)36-20-30(32,33)29(36)18-35(19-29)27(21-9-5-3-6-10-21)22-11-7-4-8-12-22/h3-17,27H,2,18-20H2,1H3. The molecule has 0 aliphatic carbocycles. The third-order valence-electron chi connectivity index (χ3n) is 7.60. The van der Waals surface area contributed by atoms with E-state index in [-0.39, 0.29) is 31.4 Å². The predicted molar refractivity (Wildman–Crippen MR) is 141 cm³/mol. The SMILES string of the molecule is CCOC(=O)c1cc(N2CC(F)(F)C23CN(C(c2ccccc2)c2ccccc2)C3)n(-c2ccc(F)cc2)n1. The van der Waals surface area contributed by atoms with Gasteiger partial charge in [-0.05, 0) is 42.3 Å². The fourth-order valence-electron chi connectivity index (χ4n) is 5.64. The number of alkyl halides is 2. The molecule has 2 fully saturated rings. The molecule has 3 heterocycles. The number of hydrogen-bond acceptors (Lipinski definition) is 5. The van der Waals surface area contributed by atoms with Gasteiger partial charge in [0, 0.05) is 19.2 Å². The zero-order valence-corrected chi connectivity index (χ0v) is 21.3. The molecule has 6 nitrogen and oxygen atoms in total. The first kappa shape index (κ1) is 25.2. The lowest BCUT2D eigenvalue weighted by molar-refractivity contribution is -0.190. The number of carbonyl (C=O) groups excluding carboxylic acids is 1. The molecule has 0 radical (unpaired) electrons. The maximum Gasteiger partial charge on any atom is 0.358 e. The normalized spacial score (nSPS) is 17.6. The molecule has 9 heteroatoms. The number of hydrogen-bond donors (Lipinski definition) is 0. The summed E-state index contributed by atoms with van der Waals surface area (Å²) in [6.07, 6.45) is 0. The van der Waals surface area contributed by atoms with Crippen LogP contribution in [0.25, 0.3) is 5.69 Å². The largest absolute Gasteiger partial charge is 0.461 e. The summed E-state index contributed by atoms with van der Waals surface area (Å²) in [5.41, 5.74) is 1.03. The van der Waals surface area contributed by atoms with Gasteiger partial charge in [-0.2, -0.15) is 5.10 Å². The van der Waals surface area contributed by atoms with Crippen molar-refractivity contribution in [2.75, 3.05) is 31.1 Å². The lowest BCUT2D eigenvalue weighted by Crippen LogP contribution is -2.88. The van der Waals surface area contributed by atoms with Gasteiger partial charge in [0.25, 0.3) is 5.92 Å². The quantitative estimate of drug-likeness (QED) is 0.295. The first-order chi connectivity index (χ1) is 18.8. The number of aromatic nitrogens is 2. The number of likely N-dealkylation sites (tertiary alicyclic amines) is 1. The van der Waals surface area contributed by atoms with Crippen molar-refractivity contribution in [2.24, 2.45) is 0 Å². The third-order valence-corrected chi connectivity index (χ3v) is 7.60. The van der Waals surface area contributed by atoms with Crippen molar-refractivity contribution >= 4 is 11.8 Å². The molecular weight excluding hydrogens is 505 g/mol. The average Bonchev–Trinajstić information content (AvgIpc) is 3.36. The van der Waals surface area contributed by atoms with Gasteiger partial charge in [-0.25, -0.2) is 22.6 Å². The van der Waals surface area contributed by atoms with Crippen LogP contribution in [-0.2, 0) is 4.74 Å². The summed E-state index contributed by atoms with van der Waals surface area (Å²) >= 11 is 0. The Kier molecular flexibility index (Phi) is 6.18. The topological polar surface area (TPSA) is 50.6 Å². The van der Waals surface area contributed by atoms with Crippen LogP contribution in [0.4, 0.5) is 19.0 Å². The molecule has 39 heavy (non-hydrogen) atoms. The summed E-state index contributed by atoms with van der Waals surface area (Å²) in [7, 11) is 0. The highest BCUT2D eigenvalue weighted by Gasteiger charge is 2.73. The Hall–Kier alpha value is -4.11. The predicted octanol–water partition coefficient (Wildman–Crippen LogP) is 5.49. The molecule has 0 saturated carbocycles. The number of anilines is 1. The Morgan fingerprint density at radius 1 is 0.923 bits per heavy atom. The van der Waals surface area contributed by atoms with Gasteiger partial charge < -0.3 is 9.64 Å². The molecule has 0 N–H and O–H groups in total. The van der Waals surface area contributed by atoms with E-state index in [2.05, 4.69) is 10.00 Å². The zero-order valence-electron chi connectivity index (χ0n) is 21.3. The highest BCUT2D eigenvalue weighted by molar-refractivity contribution is 5.88. The minimum Gasteiger partial charge on any atom is -0.461 e. The molecule has 1 aromatic heterocycles. The van der Waals surface area contributed by atoms with Gasteiger partial charge in [0.05, 0.1) is 24.9 Å². The van der Waals surface area contributed by atoms with Gasteiger partial charge in [-0.3, -0.25) is 4.90 Å². The number of rotatable bonds is 7. The highest BCUT2D eigenvalue weighted by atomic mass is 19.3. The number of halogens is 3. The number of nitrogens with zero attached hydrogens (tertiary/aromatic N) is 4. The first-order valence-corrected chi connectivity index (χ1v) is 12.9. The molecule has 0 atom stereocenters. The van der Waals surface area contributed by atoms with Gasteiger partial charge in [0.1, 0.15) is 17.2 Å². The molecule has 2 aliphatic rings. The molecule has 3 aromatic carbocycles. The van der Waals surface area contributed by atoms with Gasteiger partial charge in [-0.15, -0.1) is 0 Å². The second-order valence-electron chi connectivity index (χ2n) is 9.95. The number of ether oxygens (including phenoxy) is 1. The van der Waals surface area contributed by atoms with Crippen LogP contribution in [-0.4, -0.2) is 58.4 Å². The lowest BCUT2D eigenvalue weighted by atomic mass is 9.72. The van der Waals surface area contributed by atoms with E-state index in [0.29, 0.717) is 11.5 Å². The van der Waals surface area contributed by atoms with E-state index in [9.17, 15) is 9.18 Å². The zero-order chi connectivity index (χ0) is 27.2. The summed E-state index contributed by atoms with van der Waals surface area (Å²) in [5.74, 6) is -3.70. The average molecular weight is 533 g/mol. The van der Waals surface area contributed by atoms with Crippen LogP contribution in [0.3, 0.4) is 0 Å². The Morgan fingerprint density at radius 2 is 1.51 bits per heavy atom. The fourth-order valence-corrected chi connectivity index (χ4v) is 5.64. The fraction of sp³-hybridized carbons (Fsp3) is 0.267. The van der Waals surface area contributed by atoms with Crippen LogP contribution in [0.5, 0.6) is 0 Å². The number of esters is 1. The number of benzene rings is 3. The van der Waals surface area contributed by atoms with Crippen LogP contribution in [0.1, 0.15) is 34.6 Å². The van der Waals surface area contributed by atoms with Gasteiger partial charge in [-0.1, -0.05) is 60.7 Å². The summed E-state index contributed by atoms with van der Waals surface area (Å²) in [5, 5.41) is 4.37. The van der Waals surface area contributed by atoms with E-state index >= 15 is 8.78 Å². The second kappa shape index (κ2) is 9.57. The maximum absolute atomic E-state index is 15.4. The van der Waals surface area contributed by atoms with E-state index in [0.717, 1.165) is 11.1 Å². The second-order valence-corrected chi connectivity index (χ2v) is 9.95. The van der Waals surface area contributed by atoms with E-state index < -0.39 is 29.8 Å². The molecule has 1 spiro atoms. The minimum absolute atomic E-state index is 0.00386. The summed E-state index contributed by atoms with van der Waals surface area (Å²) < 4.78 is 51.1. The van der Waals surface area contributed by atoms with Crippen LogP contribution in [0, 0.1) is 5.82 Å². The van der Waals surface area contributed by atoms with Crippen LogP contribution >= 0.6 is 0 Å². The van der Waals surface area contributed by atoms with Crippen molar-refractivity contribution in [2.45, 2.75) is 24.4 Å². The van der Waals surface area contributed by atoms with Crippen molar-refractivity contribution in [1.82, 2.24) is 14.7 Å². The van der Waals surface area contributed by atoms with E-state index in [4.69, 9.17) is 4.74 Å². The smallest absolute Gasteiger partial charge is 0.358 e. The first-order valence-electron chi connectivity index (χ1n) is 12.9. The van der Waals surface area contributed by atoms with Gasteiger partial charge in [0.2, 0.25) is 0 Å². The molecule has 200 valence electrons. The van der Waals surface area contributed by atoms with Crippen LogP contribution < -0.4 is 4.90 Å². The van der Waals surface area contributed by atoms with Crippen molar-refractivity contribution in [1.29, 1.82) is 0 Å². The van der Waals surface area contributed by atoms with Crippen molar-refractivity contribution < 1.29 is 22.7 Å². The monoisotopic (exact) mass is 532 g/mol. The lowest BCUT2D eigenvalue weighted by Gasteiger charge is -2.67. The molecule has 2 saturated heterocycles. The van der Waals surface area contributed by atoms with Crippen LogP contribution in [0.2, 0.25) is 0 Å². The summed E-state index contributed by atoms with van der Waals surface area (Å²) in [6, 6.07) is 26.5. The number of carbonyl (C=O) groups is 1. The van der Waals surface area contributed by atoms with Crippen molar-refractivity contribution in [3.05, 3.63) is 114 Å². The Morgan fingerprint density at radius 3 is 2.05 bits per heavy atom. The molecule has 6 rings (SSSR count). The van der Waals surface area contributed by atoms with Crippen molar-refractivity contribution in [3.63, 3.8) is 0 Å². The summed E-state index contributed by atoms with van der Waals surface area (Å²) in [6.45, 7) is 1.53.